The van der Waals surface area contributed by atoms with Gasteiger partial charge in [0, 0.05) is 36.0 Å². The first kappa shape index (κ1) is 22.3. The molecule has 1 aromatic heterocycles. The quantitative estimate of drug-likeness (QED) is 0.540. The van der Waals surface area contributed by atoms with Gasteiger partial charge in [0.15, 0.2) is 5.60 Å². The molecule has 5 N–H and O–H groups in total. The molecule has 1 saturated carbocycles. The van der Waals surface area contributed by atoms with E-state index in [1.165, 1.54) is 6.20 Å². The van der Waals surface area contributed by atoms with Crippen LogP contribution in [-0.2, 0) is 16.0 Å². The Labute approximate surface area is 166 Å². The van der Waals surface area contributed by atoms with Crippen LogP contribution in [0.3, 0.4) is 0 Å². The van der Waals surface area contributed by atoms with Crippen LogP contribution in [0.5, 0.6) is 0 Å². The van der Waals surface area contributed by atoms with Crippen LogP contribution >= 0.6 is 0 Å². The monoisotopic (exact) mass is 391 g/mol. The van der Waals surface area contributed by atoms with Gasteiger partial charge < -0.3 is 21.3 Å². The fraction of sp³-hybridized carbons (Fsp3) is 0.667. The van der Waals surface area contributed by atoms with E-state index in [2.05, 4.69) is 17.2 Å². The van der Waals surface area contributed by atoms with Crippen molar-refractivity contribution in [1.29, 1.82) is 0 Å². The third-order valence-corrected chi connectivity index (χ3v) is 5.63. The molecule has 2 rings (SSSR count). The summed E-state index contributed by atoms with van der Waals surface area (Å²) in [6, 6.07) is 2.36. The van der Waals surface area contributed by atoms with Gasteiger partial charge in [-0.05, 0) is 56.1 Å². The average molecular weight is 392 g/mol. The lowest BCUT2D eigenvalue weighted by Gasteiger charge is -2.30. The Bertz CT molecular complexity index is 686. The van der Waals surface area contributed by atoms with Crippen molar-refractivity contribution in [1.82, 2.24) is 4.98 Å². The van der Waals surface area contributed by atoms with E-state index in [4.69, 9.17) is 5.73 Å². The lowest BCUT2D eigenvalue weighted by Crippen LogP contribution is -2.56. The minimum Gasteiger partial charge on any atom is -0.479 e. The number of rotatable bonds is 8. The highest BCUT2D eigenvalue weighted by atomic mass is 16.4. The molecule has 0 aliphatic heterocycles. The normalized spacial score (nSPS) is 23.1. The Hall–Kier alpha value is -1.99. The number of pyridine rings is 1. The Morgan fingerprint density at radius 2 is 1.96 bits per heavy atom. The average Bonchev–Trinajstić information content (AvgIpc) is 2.61. The first-order chi connectivity index (χ1) is 13.1. The van der Waals surface area contributed by atoms with Gasteiger partial charge in [0.05, 0.1) is 0 Å². The molecule has 0 bridgehead atoms. The van der Waals surface area contributed by atoms with Gasteiger partial charge in [-0.1, -0.05) is 20.8 Å². The molecule has 0 spiro atoms. The Morgan fingerprint density at radius 1 is 1.32 bits per heavy atom. The van der Waals surface area contributed by atoms with Crippen molar-refractivity contribution >= 4 is 17.6 Å². The number of nitrogens with two attached hydrogens (primary N) is 1. The fourth-order valence-corrected chi connectivity index (χ4v) is 3.76. The predicted octanol–water partition coefficient (Wildman–Crippen LogP) is 2.58. The first-order valence-electron chi connectivity index (χ1n) is 10.1. The number of anilines is 1. The van der Waals surface area contributed by atoms with Gasteiger partial charge in [-0.25, -0.2) is 4.79 Å². The van der Waals surface area contributed by atoms with Crippen molar-refractivity contribution in [2.75, 3.05) is 5.32 Å². The van der Waals surface area contributed by atoms with Crippen LogP contribution in [0.4, 0.5) is 5.69 Å². The highest BCUT2D eigenvalue weighted by molar-refractivity contribution is 5.92. The topological polar surface area (TPSA) is 126 Å². The standard InChI is InChI=1S/C21H33N3O4/c1-13(2)10-18(22)21(28,20(26)27)12-17-11-16(8-9-23-17)24-19(25)15-6-4-14(3)5-7-15/h8-9,11,13-15,18,28H,4-7,10,12,22H2,1-3H3,(H,26,27)(H,23,24,25)/t14?,15?,18-,21+/m0/s1. The molecule has 2 atom stereocenters. The van der Waals surface area contributed by atoms with E-state index in [0.29, 0.717) is 23.7 Å². The minimum atomic E-state index is -2.11. The van der Waals surface area contributed by atoms with Crippen LogP contribution in [0.2, 0.25) is 0 Å². The minimum absolute atomic E-state index is 0.00299. The van der Waals surface area contributed by atoms with Crippen LogP contribution in [-0.4, -0.2) is 38.7 Å². The van der Waals surface area contributed by atoms with E-state index < -0.39 is 17.6 Å². The second-order valence-corrected chi connectivity index (χ2v) is 8.62. The lowest BCUT2D eigenvalue weighted by atomic mass is 9.82. The number of aromatic nitrogens is 1. The number of aliphatic carboxylic acids is 1. The van der Waals surface area contributed by atoms with Gasteiger partial charge in [0.2, 0.25) is 5.91 Å². The second-order valence-electron chi connectivity index (χ2n) is 8.62. The fourth-order valence-electron chi connectivity index (χ4n) is 3.76. The highest BCUT2D eigenvalue weighted by Crippen LogP contribution is 2.29. The number of hydrogen-bond donors (Lipinski definition) is 4. The first-order valence-corrected chi connectivity index (χ1v) is 10.1. The molecule has 1 amide bonds. The maximum atomic E-state index is 12.5. The zero-order valence-electron chi connectivity index (χ0n) is 17.0. The van der Waals surface area contributed by atoms with Crippen LogP contribution < -0.4 is 11.1 Å². The number of carbonyl (C=O) groups excluding carboxylic acids is 1. The zero-order valence-corrected chi connectivity index (χ0v) is 17.0. The summed E-state index contributed by atoms with van der Waals surface area (Å²) in [6.07, 6.45) is 5.53. The number of hydrogen-bond acceptors (Lipinski definition) is 5. The van der Waals surface area contributed by atoms with Gasteiger partial charge >= 0.3 is 5.97 Å². The van der Waals surface area contributed by atoms with Crippen molar-refractivity contribution in [2.45, 2.75) is 70.9 Å². The summed E-state index contributed by atoms with van der Waals surface area (Å²) in [5, 5.41) is 23.2. The molecule has 28 heavy (non-hydrogen) atoms. The molecule has 7 nitrogen and oxygen atoms in total. The highest BCUT2D eigenvalue weighted by Gasteiger charge is 2.43. The number of amides is 1. The third kappa shape index (κ3) is 5.75. The van der Waals surface area contributed by atoms with Crippen molar-refractivity contribution in [3.05, 3.63) is 24.0 Å². The smallest absolute Gasteiger partial charge is 0.337 e. The largest absolute Gasteiger partial charge is 0.479 e. The number of aliphatic hydroxyl groups is 1. The summed E-state index contributed by atoms with van der Waals surface area (Å²) in [6.45, 7) is 6.04. The van der Waals surface area contributed by atoms with Gasteiger partial charge in [0.25, 0.3) is 0 Å². The van der Waals surface area contributed by atoms with Crippen molar-refractivity contribution < 1.29 is 19.8 Å². The molecule has 1 fully saturated rings. The number of nitrogens with zero attached hydrogens (tertiary/aromatic N) is 1. The molecule has 7 heteroatoms. The molecule has 1 aromatic rings. The van der Waals surface area contributed by atoms with Gasteiger partial charge in [-0.2, -0.15) is 0 Å². The van der Waals surface area contributed by atoms with E-state index in [0.717, 1.165) is 25.7 Å². The van der Waals surface area contributed by atoms with Crippen molar-refractivity contribution in [3.63, 3.8) is 0 Å². The molecule has 156 valence electrons. The SMILES string of the molecule is CC(C)C[C@H](N)[C@](O)(Cc1cc(NC(=O)C2CCC(C)CC2)ccn1)C(=O)O. The summed E-state index contributed by atoms with van der Waals surface area (Å²) in [5.74, 6) is -0.566. The molecule has 0 aromatic carbocycles. The summed E-state index contributed by atoms with van der Waals surface area (Å²) in [4.78, 5) is 28.4. The Balaban J connectivity index is 2.08. The molecule has 0 saturated heterocycles. The van der Waals surface area contributed by atoms with Crippen molar-refractivity contribution in [2.24, 2.45) is 23.5 Å². The van der Waals surface area contributed by atoms with E-state index in [1.807, 2.05) is 13.8 Å². The molecule has 1 heterocycles. The van der Waals surface area contributed by atoms with E-state index >= 15 is 0 Å². The summed E-state index contributed by atoms with van der Waals surface area (Å²) in [5.41, 5.74) is 4.82. The van der Waals surface area contributed by atoms with Crippen molar-refractivity contribution in [3.8, 4) is 0 Å². The van der Waals surface area contributed by atoms with Crippen LogP contribution in [0.25, 0.3) is 0 Å². The molecule has 0 radical (unpaired) electrons. The lowest BCUT2D eigenvalue weighted by molar-refractivity contribution is -0.161. The number of carbonyl (C=O) groups is 2. The third-order valence-electron chi connectivity index (χ3n) is 5.63. The van der Waals surface area contributed by atoms with Crippen LogP contribution in [0.1, 0.15) is 58.6 Å². The summed E-state index contributed by atoms with van der Waals surface area (Å²) >= 11 is 0. The molecular weight excluding hydrogens is 358 g/mol. The summed E-state index contributed by atoms with van der Waals surface area (Å²) in [7, 11) is 0. The zero-order chi connectivity index (χ0) is 20.9. The summed E-state index contributed by atoms with van der Waals surface area (Å²) < 4.78 is 0. The van der Waals surface area contributed by atoms with E-state index in [9.17, 15) is 19.8 Å². The number of carboxylic acid groups (broad SMARTS) is 1. The number of nitrogens with one attached hydrogen (secondary N) is 1. The maximum Gasteiger partial charge on any atom is 0.337 e. The molecular formula is C21H33N3O4. The Kier molecular flexibility index (Phi) is 7.55. The van der Waals surface area contributed by atoms with Gasteiger partial charge in [0.1, 0.15) is 0 Å². The van der Waals surface area contributed by atoms with Gasteiger partial charge in [-0.15, -0.1) is 0 Å². The van der Waals surface area contributed by atoms with E-state index in [-0.39, 0.29) is 24.2 Å². The van der Waals surface area contributed by atoms with Crippen LogP contribution in [0.15, 0.2) is 18.3 Å². The van der Waals surface area contributed by atoms with E-state index in [1.54, 1.807) is 12.1 Å². The molecule has 1 aliphatic carbocycles. The molecule has 0 unspecified atom stereocenters. The van der Waals surface area contributed by atoms with Crippen LogP contribution in [0, 0.1) is 17.8 Å². The van der Waals surface area contributed by atoms with Gasteiger partial charge in [-0.3, -0.25) is 9.78 Å². The second kappa shape index (κ2) is 9.47. The number of carboxylic acids is 1. The predicted molar refractivity (Wildman–Crippen MR) is 108 cm³/mol. The molecule has 1 aliphatic rings. The maximum absolute atomic E-state index is 12.5. The Morgan fingerprint density at radius 3 is 2.54 bits per heavy atom.